The van der Waals surface area contributed by atoms with Gasteiger partial charge in [-0.05, 0) is 37.8 Å². The zero-order chi connectivity index (χ0) is 26.7. The molecule has 37 heavy (non-hydrogen) atoms. The highest BCUT2D eigenvalue weighted by Crippen LogP contribution is 2.44. The van der Waals surface area contributed by atoms with E-state index in [0.29, 0.717) is 40.9 Å². The van der Waals surface area contributed by atoms with Crippen LogP contribution in [0.15, 0.2) is 30.6 Å². The molecule has 2 atom stereocenters. The summed E-state index contributed by atoms with van der Waals surface area (Å²) in [6.07, 6.45) is 3.14. The summed E-state index contributed by atoms with van der Waals surface area (Å²) in [5, 5.41) is 17.2. The van der Waals surface area contributed by atoms with Crippen molar-refractivity contribution < 1.29 is 27.7 Å². The Hall–Kier alpha value is -3.00. The van der Waals surface area contributed by atoms with Gasteiger partial charge in [-0.2, -0.15) is 0 Å². The summed E-state index contributed by atoms with van der Waals surface area (Å²) < 4.78 is 47.9. The van der Waals surface area contributed by atoms with E-state index in [4.69, 9.17) is 25.8 Å². The van der Waals surface area contributed by atoms with Crippen molar-refractivity contribution in [1.29, 1.82) is 0 Å². The molecular formula is C23H29ClN6O6S. The number of hydrogen-bond donors (Lipinski definition) is 2. The molecule has 0 saturated heterocycles. The first kappa shape index (κ1) is 27.0. The molecular weight excluding hydrogens is 524 g/mol. The van der Waals surface area contributed by atoms with Crippen molar-refractivity contribution in [2.45, 2.75) is 37.0 Å². The molecule has 0 spiro atoms. The number of nitrogens with zero attached hydrogens (tertiary/aromatic N) is 5. The summed E-state index contributed by atoms with van der Waals surface area (Å²) in [4.78, 5) is 8.23. The fourth-order valence-corrected chi connectivity index (χ4v) is 5.58. The van der Waals surface area contributed by atoms with Crippen LogP contribution in [0.3, 0.4) is 0 Å². The second-order valence-corrected chi connectivity index (χ2v) is 11.2. The highest BCUT2D eigenvalue weighted by Gasteiger charge is 2.38. The summed E-state index contributed by atoms with van der Waals surface area (Å²) in [6.45, 7) is 1.56. The molecule has 12 nitrogen and oxygen atoms in total. The van der Waals surface area contributed by atoms with Gasteiger partial charge in [-0.3, -0.25) is 9.29 Å². The molecule has 0 radical (unpaired) electrons. The van der Waals surface area contributed by atoms with E-state index < -0.39 is 21.4 Å². The third-order valence-electron chi connectivity index (χ3n) is 6.47. The van der Waals surface area contributed by atoms with Gasteiger partial charge in [0.1, 0.15) is 34.4 Å². The molecule has 0 bridgehead atoms. The molecule has 0 amide bonds. The number of nitrogens with one attached hydrogen (secondary N) is 1. The van der Waals surface area contributed by atoms with Crippen LogP contribution >= 0.6 is 11.6 Å². The Bertz CT molecular complexity index is 1310. The fraction of sp³-hybridized carbons (Fsp3) is 0.478. The minimum absolute atomic E-state index is 0.0378. The van der Waals surface area contributed by atoms with Crippen LogP contribution in [0.4, 0.5) is 5.95 Å². The van der Waals surface area contributed by atoms with E-state index in [1.807, 2.05) is 0 Å². The van der Waals surface area contributed by atoms with Crippen LogP contribution in [0, 0.1) is 5.92 Å². The fourth-order valence-electron chi connectivity index (χ4n) is 4.35. The van der Waals surface area contributed by atoms with Gasteiger partial charge in [0.15, 0.2) is 5.82 Å². The molecule has 0 unspecified atom stereocenters. The Labute approximate surface area is 220 Å². The number of sulfonamides is 1. The van der Waals surface area contributed by atoms with Gasteiger partial charge in [0, 0.05) is 32.0 Å². The smallest absolute Gasteiger partial charge is 0.243 e. The summed E-state index contributed by atoms with van der Waals surface area (Å²) in [7, 11) is 0.293. The van der Waals surface area contributed by atoms with Crippen LogP contribution in [0.25, 0.3) is 5.69 Å². The number of aromatic nitrogens is 5. The van der Waals surface area contributed by atoms with E-state index in [9.17, 15) is 13.5 Å². The second kappa shape index (κ2) is 11.2. The number of methoxy groups -OCH3 is 3. The van der Waals surface area contributed by atoms with Crippen LogP contribution in [-0.4, -0.2) is 71.4 Å². The maximum absolute atomic E-state index is 13.5. The van der Waals surface area contributed by atoms with Crippen molar-refractivity contribution in [1.82, 2.24) is 24.7 Å². The van der Waals surface area contributed by atoms with Crippen molar-refractivity contribution >= 4 is 27.6 Å². The van der Waals surface area contributed by atoms with Crippen molar-refractivity contribution in [3.05, 3.63) is 47.3 Å². The Morgan fingerprint density at radius 3 is 2.30 bits per heavy atom. The zero-order valence-electron chi connectivity index (χ0n) is 20.8. The predicted octanol–water partition coefficient (Wildman–Crippen LogP) is 2.73. The van der Waals surface area contributed by atoms with Crippen molar-refractivity contribution in [2.24, 2.45) is 5.92 Å². The van der Waals surface area contributed by atoms with Gasteiger partial charge >= 0.3 is 0 Å². The van der Waals surface area contributed by atoms with E-state index in [1.54, 1.807) is 22.8 Å². The first-order valence-corrected chi connectivity index (χ1v) is 13.5. The molecule has 1 saturated carbocycles. The molecule has 0 aliphatic heterocycles. The quantitative estimate of drug-likeness (QED) is 0.363. The zero-order valence-corrected chi connectivity index (χ0v) is 22.4. The predicted molar refractivity (Wildman–Crippen MR) is 136 cm³/mol. The van der Waals surface area contributed by atoms with Gasteiger partial charge in [0.2, 0.25) is 16.0 Å². The van der Waals surface area contributed by atoms with Crippen LogP contribution in [0.1, 0.15) is 43.4 Å². The third-order valence-corrected chi connectivity index (χ3v) is 8.36. The summed E-state index contributed by atoms with van der Waals surface area (Å²) in [5.41, 5.74) is 0.453. The van der Waals surface area contributed by atoms with Crippen molar-refractivity contribution in [3.8, 4) is 17.2 Å². The van der Waals surface area contributed by atoms with E-state index in [2.05, 4.69) is 24.9 Å². The lowest BCUT2D eigenvalue weighted by atomic mass is 9.75. The Morgan fingerprint density at radius 2 is 1.76 bits per heavy atom. The summed E-state index contributed by atoms with van der Waals surface area (Å²) >= 11 is 5.88. The van der Waals surface area contributed by atoms with Gasteiger partial charge < -0.3 is 19.3 Å². The number of aliphatic hydroxyl groups excluding tert-OH is 1. The second-order valence-electron chi connectivity index (χ2n) is 8.71. The SMILES string of the molecule is COc1cccc(OC)c1-n1c(NS(=O)(=O)[C@@H](C)[C@H](OC)c2ncc(Cl)cn2)nnc1[C@H]1C[C@H](CO)C1. The Morgan fingerprint density at radius 1 is 1.14 bits per heavy atom. The van der Waals surface area contributed by atoms with Gasteiger partial charge in [-0.15, -0.1) is 10.2 Å². The van der Waals surface area contributed by atoms with E-state index in [-0.39, 0.29) is 30.2 Å². The molecule has 1 aliphatic carbocycles. The molecule has 1 fully saturated rings. The van der Waals surface area contributed by atoms with E-state index in [0.717, 1.165) is 0 Å². The standard InChI is InChI=1S/C23H29ClN6O6S/c1-13(20(36-4)21-25-10-16(24)11-26-21)37(32,33)29-23-28-27-22(15-8-14(9-15)12-31)30(23)19-17(34-2)6-5-7-18(19)35-3/h5-7,10-11,13-15,20,31H,8-9,12H2,1-4H3,(H,28,29)/t13-,14-,15-,20-/m0/s1. The topological polar surface area (TPSA) is 151 Å². The normalized spacial score (nSPS) is 19.1. The van der Waals surface area contributed by atoms with Crippen LogP contribution in [-0.2, 0) is 14.8 Å². The number of aliphatic hydroxyl groups is 1. The maximum Gasteiger partial charge on any atom is 0.243 e. The molecule has 3 aromatic rings. The van der Waals surface area contributed by atoms with E-state index in [1.165, 1.54) is 40.6 Å². The van der Waals surface area contributed by atoms with Crippen molar-refractivity contribution in [3.63, 3.8) is 0 Å². The van der Waals surface area contributed by atoms with Crippen LogP contribution in [0.5, 0.6) is 11.5 Å². The molecule has 2 heterocycles. The first-order valence-electron chi connectivity index (χ1n) is 11.5. The van der Waals surface area contributed by atoms with E-state index >= 15 is 0 Å². The number of anilines is 1. The number of para-hydroxylation sites is 1. The summed E-state index contributed by atoms with van der Waals surface area (Å²) in [5.74, 6) is 1.65. The monoisotopic (exact) mass is 552 g/mol. The average molecular weight is 553 g/mol. The molecule has 2 aromatic heterocycles. The number of ether oxygens (including phenoxy) is 3. The highest BCUT2D eigenvalue weighted by molar-refractivity contribution is 7.93. The van der Waals surface area contributed by atoms with Gasteiger partial charge in [0.25, 0.3) is 0 Å². The largest absolute Gasteiger partial charge is 0.494 e. The first-order chi connectivity index (χ1) is 17.7. The molecule has 1 aliphatic rings. The minimum Gasteiger partial charge on any atom is -0.494 e. The number of halogens is 1. The molecule has 2 N–H and O–H groups in total. The Kier molecular flexibility index (Phi) is 8.17. The highest BCUT2D eigenvalue weighted by atomic mass is 35.5. The Balaban J connectivity index is 1.76. The van der Waals surface area contributed by atoms with Crippen LogP contribution < -0.4 is 14.2 Å². The molecule has 200 valence electrons. The van der Waals surface area contributed by atoms with Crippen molar-refractivity contribution in [2.75, 3.05) is 32.7 Å². The lowest BCUT2D eigenvalue weighted by Crippen LogP contribution is -2.33. The molecule has 4 rings (SSSR count). The van der Waals surface area contributed by atoms with Gasteiger partial charge in [0.05, 0.1) is 19.2 Å². The molecule has 1 aromatic carbocycles. The lowest BCUT2D eigenvalue weighted by molar-refractivity contribution is 0.0950. The van der Waals surface area contributed by atoms with Gasteiger partial charge in [-0.25, -0.2) is 18.4 Å². The lowest BCUT2D eigenvalue weighted by Gasteiger charge is -2.33. The summed E-state index contributed by atoms with van der Waals surface area (Å²) in [6, 6.07) is 5.23. The number of rotatable bonds is 11. The average Bonchev–Trinajstić information content (AvgIpc) is 3.25. The minimum atomic E-state index is -4.10. The third kappa shape index (κ3) is 5.35. The maximum atomic E-state index is 13.5. The number of hydrogen-bond acceptors (Lipinski definition) is 10. The van der Waals surface area contributed by atoms with Crippen LogP contribution in [0.2, 0.25) is 5.02 Å². The number of benzene rings is 1. The van der Waals surface area contributed by atoms with Gasteiger partial charge in [-0.1, -0.05) is 17.7 Å². The molecule has 14 heteroatoms.